The molecule has 3 N–H and O–H groups in total. The lowest BCUT2D eigenvalue weighted by Gasteiger charge is -2.15. The molecule has 1 aromatic carbocycles. The van der Waals surface area contributed by atoms with Crippen LogP contribution in [0.5, 0.6) is 11.5 Å². The summed E-state index contributed by atoms with van der Waals surface area (Å²) in [4.78, 5) is 10.7. The fourth-order valence-corrected chi connectivity index (χ4v) is 2.69. The number of hydrogen-bond donors (Lipinski definition) is 3. The SMILES string of the molecule is CCCCCCCCNc1ccc(OC(=O)O)c(O)c1CCCC. The van der Waals surface area contributed by atoms with E-state index in [1.165, 1.54) is 38.2 Å². The van der Waals surface area contributed by atoms with E-state index in [0.717, 1.165) is 37.1 Å². The lowest BCUT2D eigenvalue weighted by atomic mass is 10.0. The summed E-state index contributed by atoms with van der Waals surface area (Å²) >= 11 is 0. The summed E-state index contributed by atoms with van der Waals surface area (Å²) in [6, 6.07) is 3.29. The second-order valence-electron chi connectivity index (χ2n) is 6.10. The molecule has 0 unspecified atom stereocenters. The highest BCUT2D eigenvalue weighted by atomic mass is 16.7. The van der Waals surface area contributed by atoms with Gasteiger partial charge < -0.3 is 20.3 Å². The van der Waals surface area contributed by atoms with Crippen LogP contribution in [-0.2, 0) is 6.42 Å². The Labute approximate surface area is 145 Å². The minimum Gasteiger partial charge on any atom is -0.504 e. The predicted octanol–water partition coefficient (Wildman–Crippen LogP) is 5.56. The molecule has 0 amide bonds. The van der Waals surface area contributed by atoms with Crippen molar-refractivity contribution < 1.29 is 19.7 Å². The Morgan fingerprint density at radius 2 is 1.71 bits per heavy atom. The lowest BCUT2D eigenvalue weighted by Crippen LogP contribution is -2.07. The van der Waals surface area contributed by atoms with Crippen LogP contribution in [0.4, 0.5) is 10.5 Å². The maximum atomic E-state index is 10.7. The van der Waals surface area contributed by atoms with E-state index in [1.807, 2.05) is 0 Å². The summed E-state index contributed by atoms with van der Waals surface area (Å²) < 4.78 is 4.64. The Morgan fingerprint density at radius 1 is 1.04 bits per heavy atom. The molecule has 0 atom stereocenters. The van der Waals surface area contributed by atoms with E-state index in [9.17, 15) is 9.90 Å². The van der Waals surface area contributed by atoms with E-state index >= 15 is 0 Å². The monoisotopic (exact) mass is 337 g/mol. The van der Waals surface area contributed by atoms with E-state index in [-0.39, 0.29) is 11.5 Å². The molecule has 0 aliphatic carbocycles. The van der Waals surface area contributed by atoms with Gasteiger partial charge in [0.25, 0.3) is 0 Å². The van der Waals surface area contributed by atoms with Gasteiger partial charge in [-0.1, -0.05) is 52.4 Å². The number of phenols is 1. The maximum absolute atomic E-state index is 10.7. The van der Waals surface area contributed by atoms with Crippen molar-refractivity contribution in [1.29, 1.82) is 0 Å². The first-order valence-corrected chi connectivity index (χ1v) is 9.09. The van der Waals surface area contributed by atoms with Crippen molar-refractivity contribution in [1.82, 2.24) is 0 Å². The molecule has 0 saturated heterocycles. The second-order valence-corrected chi connectivity index (χ2v) is 6.10. The molecule has 1 aromatic rings. The van der Waals surface area contributed by atoms with Crippen LogP contribution in [0.15, 0.2) is 12.1 Å². The Hall–Kier alpha value is -1.91. The molecule has 0 aliphatic rings. The molecule has 0 spiro atoms. The Morgan fingerprint density at radius 3 is 2.38 bits per heavy atom. The van der Waals surface area contributed by atoms with Crippen LogP contribution in [0.25, 0.3) is 0 Å². The molecule has 0 bridgehead atoms. The summed E-state index contributed by atoms with van der Waals surface area (Å²) in [7, 11) is 0. The van der Waals surface area contributed by atoms with Gasteiger partial charge in [-0.3, -0.25) is 0 Å². The van der Waals surface area contributed by atoms with E-state index in [0.29, 0.717) is 6.42 Å². The third-order valence-electron chi connectivity index (χ3n) is 4.07. The molecule has 136 valence electrons. The molecule has 0 saturated carbocycles. The maximum Gasteiger partial charge on any atom is 0.511 e. The van der Waals surface area contributed by atoms with Gasteiger partial charge in [-0.05, 0) is 31.4 Å². The summed E-state index contributed by atoms with van der Waals surface area (Å²) in [6.45, 7) is 5.14. The minimum absolute atomic E-state index is 0.00119. The fraction of sp³-hybridized carbons (Fsp3) is 0.632. The molecule has 0 aromatic heterocycles. The number of ether oxygens (including phenoxy) is 1. The first-order chi connectivity index (χ1) is 11.6. The van der Waals surface area contributed by atoms with Crippen LogP contribution in [0.1, 0.15) is 70.8 Å². The van der Waals surface area contributed by atoms with Crippen LogP contribution in [0.3, 0.4) is 0 Å². The zero-order chi connectivity index (χ0) is 17.8. The van der Waals surface area contributed by atoms with Gasteiger partial charge in [-0.2, -0.15) is 0 Å². The highest BCUT2D eigenvalue weighted by Crippen LogP contribution is 2.36. The highest BCUT2D eigenvalue weighted by Gasteiger charge is 2.15. The second kappa shape index (κ2) is 11.6. The summed E-state index contributed by atoms with van der Waals surface area (Å²) in [5, 5.41) is 22.4. The van der Waals surface area contributed by atoms with Crippen LogP contribution in [0, 0.1) is 0 Å². The number of hydrogen-bond acceptors (Lipinski definition) is 4. The molecule has 0 fully saturated rings. The largest absolute Gasteiger partial charge is 0.511 e. The normalized spacial score (nSPS) is 10.6. The Kier molecular flexibility index (Phi) is 9.73. The van der Waals surface area contributed by atoms with Gasteiger partial charge >= 0.3 is 6.16 Å². The average molecular weight is 337 g/mol. The number of phenolic OH excluding ortho intramolecular Hbond substituents is 1. The number of rotatable bonds is 12. The molecule has 5 nitrogen and oxygen atoms in total. The topological polar surface area (TPSA) is 78.8 Å². The number of nitrogens with one attached hydrogen (secondary N) is 1. The van der Waals surface area contributed by atoms with Gasteiger partial charge in [0.15, 0.2) is 11.5 Å². The number of carbonyl (C=O) groups is 1. The van der Waals surface area contributed by atoms with Gasteiger partial charge in [-0.25, -0.2) is 4.79 Å². The van der Waals surface area contributed by atoms with Crippen LogP contribution in [-0.4, -0.2) is 22.9 Å². The first-order valence-electron chi connectivity index (χ1n) is 9.09. The lowest BCUT2D eigenvalue weighted by molar-refractivity contribution is 0.143. The zero-order valence-electron chi connectivity index (χ0n) is 14.9. The standard InChI is InChI=1S/C19H31NO4/c1-3-5-7-8-9-10-14-20-16-12-13-17(24-19(22)23)18(21)15(16)11-6-4-2/h12-13,20-21H,3-11,14H2,1-2H3,(H,22,23). The average Bonchev–Trinajstić information content (AvgIpc) is 2.55. The quantitative estimate of drug-likeness (QED) is 0.264. The molecule has 0 radical (unpaired) electrons. The predicted molar refractivity (Wildman–Crippen MR) is 97.2 cm³/mol. The van der Waals surface area contributed by atoms with Crippen molar-refractivity contribution in [2.75, 3.05) is 11.9 Å². The van der Waals surface area contributed by atoms with E-state index < -0.39 is 6.16 Å². The van der Waals surface area contributed by atoms with E-state index in [4.69, 9.17) is 5.11 Å². The molecular formula is C19H31NO4. The summed E-state index contributed by atoms with van der Waals surface area (Å²) in [5.41, 5.74) is 1.61. The van der Waals surface area contributed by atoms with E-state index in [1.54, 1.807) is 6.07 Å². The molecule has 5 heteroatoms. The van der Waals surface area contributed by atoms with Crippen molar-refractivity contribution >= 4 is 11.8 Å². The van der Waals surface area contributed by atoms with Crippen molar-refractivity contribution in [3.63, 3.8) is 0 Å². The number of benzene rings is 1. The molecule has 24 heavy (non-hydrogen) atoms. The zero-order valence-corrected chi connectivity index (χ0v) is 14.9. The summed E-state index contributed by atoms with van der Waals surface area (Å²) in [6.07, 6.45) is 8.59. The van der Waals surface area contributed by atoms with Crippen molar-refractivity contribution in [2.45, 2.75) is 71.6 Å². The Balaban J connectivity index is 2.64. The molecular weight excluding hydrogens is 306 g/mol. The van der Waals surface area contributed by atoms with Crippen molar-refractivity contribution in [3.8, 4) is 11.5 Å². The Bertz CT molecular complexity index is 502. The number of aromatic hydroxyl groups is 1. The third-order valence-corrected chi connectivity index (χ3v) is 4.07. The van der Waals surface area contributed by atoms with E-state index in [2.05, 4.69) is 23.9 Å². The molecule has 0 heterocycles. The van der Waals surface area contributed by atoms with Crippen molar-refractivity contribution in [3.05, 3.63) is 17.7 Å². The van der Waals surface area contributed by atoms with Crippen LogP contribution < -0.4 is 10.1 Å². The summed E-state index contributed by atoms with van der Waals surface area (Å²) in [5.74, 6) is -0.0717. The van der Waals surface area contributed by atoms with Gasteiger partial charge in [0.05, 0.1) is 0 Å². The van der Waals surface area contributed by atoms with Crippen LogP contribution in [0.2, 0.25) is 0 Å². The third kappa shape index (κ3) is 7.11. The fourth-order valence-electron chi connectivity index (χ4n) is 2.69. The number of carboxylic acid groups (broad SMARTS) is 1. The van der Waals surface area contributed by atoms with Crippen LogP contribution >= 0.6 is 0 Å². The smallest absolute Gasteiger partial charge is 0.504 e. The number of anilines is 1. The van der Waals surface area contributed by atoms with Gasteiger partial charge in [0.1, 0.15) is 0 Å². The first kappa shape index (κ1) is 20.1. The molecule has 0 aliphatic heterocycles. The van der Waals surface area contributed by atoms with Gasteiger partial charge in [0, 0.05) is 17.8 Å². The minimum atomic E-state index is -1.42. The van der Waals surface area contributed by atoms with Crippen molar-refractivity contribution in [2.24, 2.45) is 0 Å². The number of unbranched alkanes of at least 4 members (excludes halogenated alkanes) is 6. The molecule has 1 rings (SSSR count). The highest BCUT2D eigenvalue weighted by molar-refractivity contribution is 5.68. The van der Waals surface area contributed by atoms with Gasteiger partial charge in [-0.15, -0.1) is 0 Å². The van der Waals surface area contributed by atoms with Gasteiger partial charge in [0.2, 0.25) is 0 Å².